The monoisotopic (exact) mass is 303 g/mol. The Morgan fingerprint density at radius 2 is 1.91 bits per heavy atom. The summed E-state index contributed by atoms with van der Waals surface area (Å²) in [4.78, 5) is 13.5. The molecule has 0 atom stereocenters. The molecule has 8 heteroatoms. The van der Waals surface area contributed by atoms with Crippen molar-refractivity contribution >= 4 is 5.91 Å². The van der Waals surface area contributed by atoms with Crippen LogP contribution in [0.5, 0.6) is 0 Å². The van der Waals surface area contributed by atoms with Gasteiger partial charge in [-0.1, -0.05) is 5.16 Å². The van der Waals surface area contributed by atoms with Gasteiger partial charge >= 0.3 is 0 Å². The van der Waals surface area contributed by atoms with E-state index in [2.05, 4.69) is 27.3 Å². The zero-order valence-corrected chi connectivity index (χ0v) is 12.2. The van der Waals surface area contributed by atoms with Crippen molar-refractivity contribution in [2.24, 2.45) is 5.73 Å². The Balaban J connectivity index is 1.41. The molecule has 1 saturated heterocycles. The highest BCUT2D eigenvalue weighted by atomic mass is 16.5. The fourth-order valence-corrected chi connectivity index (χ4v) is 3.23. The van der Waals surface area contributed by atoms with Crippen LogP contribution >= 0.6 is 0 Å². The molecule has 1 aliphatic carbocycles. The summed E-state index contributed by atoms with van der Waals surface area (Å²) in [5.74, 6) is 1.68. The number of nitrogens with zero attached hydrogens (tertiary/aromatic N) is 4. The molecule has 2 aromatic rings. The van der Waals surface area contributed by atoms with Gasteiger partial charge < -0.3 is 19.6 Å². The number of primary amides is 1. The third-order valence-electron chi connectivity index (χ3n) is 4.63. The van der Waals surface area contributed by atoms with Gasteiger partial charge in [-0.05, 0) is 25.8 Å². The van der Waals surface area contributed by atoms with Crippen molar-refractivity contribution in [3.05, 3.63) is 29.3 Å². The number of likely N-dealkylation sites (N-methyl/N-ethyl adjacent to an activating group) is 1. The first kappa shape index (κ1) is 13.4. The molecule has 0 unspecified atom stereocenters. The van der Waals surface area contributed by atoms with Gasteiger partial charge in [0.1, 0.15) is 6.26 Å². The molecule has 0 bridgehead atoms. The van der Waals surface area contributed by atoms with Crippen LogP contribution in [0.3, 0.4) is 0 Å². The molecule has 2 N–H and O–H groups in total. The van der Waals surface area contributed by atoms with E-state index in [1.807, 2.05) is 0 Å². The molecular formula is C14H17N5O3. The van der Waals surface area contributed by atoms with Crippen LogP contribution in [0.1, 0.15) is 58.4 Å². The highest BCUT2D eigenvalue weighted by molar-refractivity contribution is 5.92. The molecule has 2 aliphatic rings. The first-order valence-electron chi connectivity index (χ1n) is 7.37. The summed E-state index contributed by atoms with van der Waals surface area (Å²) in [5.41, 5.74) is 6.30. The van der Waals surface area contributed by atoms with E-state index in [0.29, 0.717) is 11.8 Å². The Labute approximate surface area is 126 Å². The lowest BCUT2D eigenvalue weighted by atomic mass is 9.71. The predicted octanol–water partition coefficient (Wildman–Crippen LogP) is 0.847. The molecule has 22 heavy (non-hydrogen) atoms. The maximum atomic E-state index is 11.3. The molecule has 3 heterocycles. The molecular weight excluding hydrogens is 286 g/mol. The summed E-state index contributed by atoms with van der Waals surface area (Å²) in [5, 5.41) is 12.0. The second kappa shape index (κ2) is 4.91. The molecule has 4 rings (SSSR count). The van der Waals surface area contributed by atoms with E-state index in [4.69, 9.17) is 14.7 Å². The molecule has 0 aromatic carbocycles. The fraction of sp³-hybridized carbons (Fsp3) is 0.571. The SMILES string of the molecule is CN1CC(c2nnc(C3CC(c4conc4C(N)=O)C3)o2)C1. The lowest BCUT2D eigenvalue weighted by molar-refractivity contribution is 0.0989. The fourth-order valence-electron chi connectivity index (χ4n) is 3.23. The number of likely N-dealkylation sites (tertiary alicyclic amines) is 1. The van der Waals surface area contributed by atoms with Crippen LogP contribution in [-0.4, -0.2) is 46.3 Å². The summed E-state index contributed by atoms with van der Waals surface area (Å²) in [6.45, 7) is 1.94. The standard InChI is InChI=1S/C14H17N5O3/c1-19-4-9(5-19)14-17-16-13(22-14)8-2-7(3-8)10-6-21-18-11(10)12(15)20/h6-9H,2-5H2,1H3,(H2,15,20). The van der Waals surface area contributed by atoms with E-state index in [1.54, 1.807) is 0 Å². The minimum Gasteiger partial charge on any atom is -0.425 e. The Kier molecular flexibility index (Phi) is 3.00. The first-order valence-corrected chi connectivity index (χ1v) is 7.37. The Morgan fingerprint density at radius 3 is 2.55 bits per heavy atom. The maximum Gasteiger partial charge on any atom is 0.271 e. The van der Waals surface area contributed by atoms with Crippen molar-refractivity contribution in [2.45, 2.75) is 30.6 Å². The van der Waals surface area contributed by atoms with Gasteiger partial charge in [0.15, 0.2) is 5.69 Å². The van der Waals surface area contributed by atoms with Gasteiger partial charge in [0.05, 0.1) is 5.92 Å². The Bertz CT molecular complexity index is 697. The topological polar surface area (TPSA) is 111 Å². The van der Waals surface area contributed by atoms with E-state index in [-0.39, 0.29) is 17.5 Å². The first-order chi connectivity index (χ1) is 10.6. The maximum absolute atomic E-state index is 11.3. The molecule has 1 saturated carbocycles. The average molecular weight is 303 g/mol. The Morgan fingerprint density at radius 1 is 1.23 bits per heavy atom. The minimum atomic E-state index is -0.554. The minimum absolute atomic E-state index is 0.212. The van der Waals surface area contributed by atoms with Gasteiger partial charge in [-0.25, -0.2) is 0 Å². The molecule has 0 spiro atoms. The second-order valence-corrected chi connectivity index (χ2v) is 6.24. The Hall–Kier alpha value is -2.22. The summed E-state index contributed by atoms with van der Waals surface area (Å²) in [6.07, 6.45) is 3.19. The normalized spacial score (nSPS) is 25.7. The van der Waals surface area contributed by atoms with Crippen LogP contribution in [0.15, 0.2) is 15.2 Å². The number of hydrogen-bond acceptors (Lipinski definition) is 7. The highest BCUT2D eigenvalue weighted by Gasteiger charge is 2.39. The van der Waals surface area contributed by atoms with E-state index in [1.165, 1.54) is 6.26 Å². The quantitative estimate of drug-likeness (QED) is 0.891. The zero-order chi connectivity index (χ0) is 15.3. The molecule has 8 nitrogen and oxygen atoms in total. The zero-order valence-electron chi connectivity index (χ0n) is 12.2. The second-order valence-electron chi connectivity index (χ2n) is 6.24. The van der Waals surface area contributed by atoms with Crippen LogP contribution < -0.4 is 5.73 Å². The van der Waals surface area contributed by atoms with Crippen LogP contribution in [0, 0.1) is 0 Å². The molecule has 0 radical (unpaired) electrons. The lowest BCUT2D eigenvalue weighted by Gasteiger charge is -2.34. The van der Waals surface area contributed by atoms with Gasteiger partial charge in [0, 0.05) is 24.6 Å². The highest BCUT2D eigenvalue weighted by Crippen LogP contribution is 2.48. The molecule has 2 fully saturated rings. The van der Waals surface area contributed by atoms with Crippen LogP contribution in [0.25, 0.3) is 0 Å². The number of carbonyl (C=O) groups excluding carboxylic acids is 1. The summed E-state index contributed by atoms with van der Waals surface area (Å²) in [6, 6.07) is 0. The largest absolute Gasteiger partial charge is 0.425 e. The van der Waals surface area contributed by atoms with Crippen LogP contribution in [0.4, 0.5) is 0 Å². The van der Waals surface area contributed by atoms with Gasteiger partial charge in [0.2, 0.25) is 11.8 Å². The van der Waals surface area contributed by atoms with Gasteiger partial charge in [-0.15, -0.1) is 10.2 Å². The number of hydrogen-bond donors (Lipinski definition) is 1. The summed E-state index contributed by atoms with van der Waals surface area (Å²) >= 11 is 0. The predicted molar refractivity (Wildman–Crippen MR) is 74.3 cm³/mol. The molecule has 2 aromatic heterocycles. The van der Waals surface area contributed by atoms with E-state index >= 15 is 0 Å². The number of nitrogens with two attached hydrogens (primary N) is 1. The lowest BCUT2D eigenvalue weighted by Crippen LogP contribution is -2.41. The van der Waals surface area contributed by atoms with Crippen molar-refractivity contribution in [2.75, 3.05) is 20.1 Å². The summed E-state index contributed by atoms with van der Waals surface area (Å²) < 4.78 is 10.7. The van der Waals surface area contributed by atoms with E-state index in [0.717, 1.165) is 37.4 Å². The summed E-state index contributed by atoms with van der Waals surface area (Å²) in [7, 11) is 2.07. The third-order valence-corrected chi connectivity index (χ3v) is 4.63. The molecule has 116 valence electrons. The molecule has 1 aliphatic heterocycles. The van der Waals surface area contributed by atoms with Crippen LogP contribution in [0.2, 0.25) is 0 Å². The number of aromatic nitrogens is 3. The van der Waals surface area contributed by atoms with Crippen molar-refractivity contribution in [1.29, 1.82) is 0 Å². The number of rotatable bonds is 4. The molecule has 1 amide bonds. The third kappa shape index (κ3) is 2.10. The number of carbonyl (C=O) groups is 1. The van der Waals surface area contributed by atoms with Crippen molar-refractivity contribution in [1.82, 2.24) is 20.3 Å². The van der Waals surface area contributed by atoms with E-state index < -0.39 is 5.91 Å². The smallest absolute Gasteiger partial charge is 0.271 e. The van der Waals surface area contributed by atoms with Crippen LogP contribution in [-0.2, 0) is 0 Å². The van der Waals surface area contributed by atoms with Gasteiger partial charge in [-0.3, -0.25) is 4.79 Å². The van der Waals surface area contributed by atoms with Gasteiger partial charge in [-0.2, -0.15) is 0 Å². The van der Waals surface area contributed by atoms with Gasteiger partial charge in [0.25, 0.3) is 5.91 Å². The van der Waals surface area contributed by atoms with Crippen molar-refractivity contribution < 1.29 is 13.7 Å². The van der Waals surface area contributed by atoms with Crippen molar-refractivity contribution in [3.8, 4) is 0 Å². The average Bonchev–Trinajstić information content (AvgIpc) is 3.02. The van der Waals surface area contributed by atoms with E-state index in [9.17, 15) is 4.79 Å². The number of amides is 1. The van der Waals surface area contributed by atoms with Crippen molar-refractivity contribution in [3.63, 3.8) is 0 Å².